The van der Waals surface area contributed by atoms with Gasteiger partial charge in [-0.2, -0.15) is 0 Å². The summed E-state index contributed by atoms with van der Waals surface area (Å²) in [6, 6.07) is 7.72. The second kappa shape index (κ2) is 6.88. The number of ether oxygens (including phenoxy) is 1. The van der Waals surface area contributed by atoms with Gasteiger partial charge in [-0.15, -0.1) is 0 Å². The number of hydrogen-bond donors (Lipinski definition) is 2. The minimum absolute atomic E-state index is 0.0348. The average Bonchev–Trinajstić information content (AvgIpc) is 3.19. The molecule has 3 unspecified atom stereocenters. The van der Waals surface area contributed by atoms with Gasteiger partial charge in [0.15, 0.2) is 0 Å². The molecule has 1 aliphatic heterocycles. The summed E-state index contributed by atoms with van der Waals surface area (Å²) in [4.78, 5) is 12.3. The molecule has 2 fully saturated rings. The van der Waals surface area contributed by atoms with Crippen LogP contribution in [0.4, 0.5) is 4.79 Å². The number of benzene rings is 1. The number of amides is 2. The SMILES string of the molecule is CC(NC(=O)NC(c1ccc(Cl)cc1)C1CC1)C1CCCO1. The lowest BCUT2D eigenvalue weighted by Gasteiger charge is -2.24. The van der Waals surface area contributed by atoms with Gasteiger partial charge < -0.3 is 15.4 Å². The molecule has 1 heterocycles. The van der Waals surface area contributed by atoms with Crippen LogP contribution in [0.5, 0.6) is 0 Å². The number of urea groups is 1. The molecule has 1 aliphatic carbocycles. The summed E-state index contributed by atoms with van der Waals surface area (Å²) < 4.78 is 5.62. The summed E-state index contributed by atoms with van der Waals surface area (Å²) in [5, 5.41) is 6.85. The van der Waals surface area contributed by atoms with Crippen LogP contribution in [0, 0.1) is 5.92 Å². The van der Waals surface area contributed by atoms with Gasteiger partial charge in [0.2, 0.25) is 0 Å². The summed E-state index contributed by atoms with van der Waals surface area (Å²) in [7, 11) is 0. The molecule has 2 amide bonds. The summed E-state index contributed by atoms with van der Waals surface area (Å²) >= 11 is 5.95. The average molecular weight is 323 g/mol. The number of carbonyl (C=O) groups is 1. The quantitative estimate of drug-likeness (QED) is 0.869. The minimum atomic E-state index is -0.116. The molecule has 1 saturated carbocycles. The number of nitrogens with one attached hydrogen (secondary N) is 2. The molecule has 4 nitrogen and oxygen atoms in total. The molecule has 5 heteroatoms. The molecule has 120 valence electrons. The van der Waals surface area contributed by atoms with Gasteiger partial charge in [-0.05, 0) is 56.2 Å². The zero-order valence-electron chi connectivity index (χ0n) is 12.8. The smallest absolute Gasteiger partial charge is 0.315 e. The van der Waals surface area contributed by atoms with Crippen molar-refractivity contribution in [1.82, 2.24) is 10.6 Å². The molecule has 1 aromatic carbocycles. The van der Waals surface area contributed by atoms with Crippen molar-refractivity contribution in [1.29, 1.82) is 0 Å². The van der Waals surface area contributed by atoms with Crippen molar-refractivity contribution >= 4 is 17.6 Å². The number of halogens is 1. The number of hydrogen-bond acceptors (Lipinski definition) is 2. The van der Waals surface area contributed by atoms with E-state index in [1.807, 2.05) is 31.2 Å². The monoisotopic (exact) mass is 322 g/mol. The van der Waals surface area contributed by atoms with Gasteiger partial charge in [-0.25, -0.2) is 4.79 Å². The highest BCUT2D eigenvalue weighted by molar-refractivity contribution is 6.30. The van der Waals surface area contributed by atoms with Gasteiger partial charge in [0.25, 0.3) is 0 Å². The first-order valence-corrected chi connectivity index (χ1v) is 8.45. The molecule has 0 radical (unpaired) electrons. The Hall–Kier alpha value is -1.26. The van der Waals surface area contributed by atoms with Crippen LogP contribution in [-0.2, 0) is 4.74 Å². The first-order valence-electron chi connectivity index (χ1n) is 8.07. The fourth-order valence-corrected chi connectivity index (χ4v) is 3.18. The van der Waals surface area contributed by atoms with E-state index in [9.17, 15) is 4.79 Å². The van der Waals surface area contributed by atoms with Crippen LogP contribution >= 0.6 is 11.6 Å². The molecule has 0 bridgehead atoms. The second-order valence-corrected chi connectivity index (χ2v) is 6.76. The molecule has 0 spiro atoms. The lowest BCUT2D eigenvalue weighted by atomic mass is 10.0. The van der Waals surface area contributed by atoms with E-state index < -0.39 is 0 Å². The van der Waals surface area contributed by atoms with E-state index in [2.05, 4.69) is 10.6 Å². The maximum absolute atomic E-state index is 12.3. The first kappa shape index (κ1) is 15.6. The van der Waals surface area contributed by atoms with Crippen LogP contribution < -0.4 is 10.6 Å². The highest BCUT2D eigenvalue weighted by Crippen LogP contribution is 2.41. The van der Waals surface area contributed by atoms with Crippen molar-refractivity contribution in [2.24, 2.45) is 5.92 Å². The Morgan fingerprint density at radius 2 is 1.95 bits per heavy atom. The summed E-state index contributed by atoms with van der Waals surface area (Å²) in [6.45, 7) is 2.80. The molecular formula is C17H23ClN2O2. The molecule has 3 rings (SSSR count). The van der Waals surface area contributed by atoms with Gasteiger partial charge in [-0.1, -0.05) is 23.7 Å². The molecule has 3 atom stereocenters. The van der Waals surface area contributed by atoms with Crippen LogP contribution in [0.15, 0.2) is 24.3 Å². The molecule has 22 heavy (non-hydrogen) atoms. The van der Waals surface area contributed by atoms with Crippen LogP contribution in [0.3, 0.4) is 0 Å². The maximum Gasteiger partial charge on any atom is 0.315 e. The van der Waals surface area contributed by atoms with E-state index in [4.69, 9.17) is 16.3 Å². The molecule has 1 saturated heterocycles. The Morgan fingerprint density at radius 1 is 1.23 bits per heavy atom. The van der Waals surface area contributed by atoms with Crippen LogP contribution in [0.2, 0.25) is 5.02 Å². The molecule has 0 aromatic heterocycles. The van der Waals surface area contributed by atoms with Crippen molar-refractivity contribution in [3.63, 3.8) is 0 Å². The third-order valence-corrected chi connectivity index (χ3v) is 4.74. The highest BCUT2D eigenvalue weighted by Gasteiger charge is 2.34. The van der Waals surface area contributed by atoms with E-state index >= 15 is 0 Å². The Morgan fingerprint density at radius 3 is 2.55 bits per heavy atom. The molecule has 1 aromatic rings. The lowest BCUT2D eigenvalue weighted by molar-refractivity contribution is 0.0858. The fraction of sp³-hybridized carbons (Fsp3) is 0.588. The third-order valence-electron chi connectivity index (χ3n) is 4.49. The lowest BCUT2D eigenvalue weighted by Crippen LogP contribution is -2.47. The van der Waals surface area contributed by atoms with Gasteiger partial charge in [0.1, 0.15) is 0 Å². The summed E-state index contributed by atoms with van der Waals surface area (Å²) in [5.41, 5.74) is 1.12. The molecule has 2 N–H and O–H groups in total. The maximum atomic E-state index is 12.3. The summed E-state index contributed by atoms with van der Waals surface area (Å²) in [6.07, 6.45) is 4.56. The van der Waals surface area contributed by atoms with Crippen molar-refractivity contribution < 1.29 is 9.53 Å². The normalized spacial score (nSPS) is 23.8. The Bertz CT molecular complexity index is 510. The number of carbonyl (C=O) groups excluding carboxylic acids is 1. The Balaban J connectivity index is 1.58. The Labute approximate surface area is 136 Å². The minimum Gasteiger partial charge on any atom is -0.376 e. The molecular weight excluding hydrogens is 300 g/mol. The van der Waals surface area contributed by atoms with Gasteiger partial charge in [-0.3, -0.25) is 0 Å². The third kappa shape index (κ3) is 3.93. The predicted octanol–water partition coefficient (Wildman–Crippen LogP) is 3.66. The zero-order valence-corrected chi connectivity index (χ0v) is 13.6. The van der Waals surface area contributed by atoms with E-state index in [0.29, 0.717) is 5.92 Å². The van der Waals surface area contributed by atoms with E-state index in [-0.39, 0.29) is 24.2 Å². The van der Waals surface area contributed by atoms with E-state index in [1.54, 1.807) is 0 Å². The van der Waals surface area contributed by atoms with Gasteiger partial charge in [0.05, 0.1) is 18.2 Å². The van der Waals surface area contributed by atoms with Gasteiger partial charge >= 0.3 is 6.03 Å². The van der Waals surface area contributed by atoms with Crippen molar-refractivity contribution in [3.05, 3.63) is 34.9 Å². The van der Waals surface area contributed by atoms with Gasteiger partial charge in [0, 0.05) is 11.6 Å². The fourth-order valence-electron chi connectivity index (χ4n) is 3.05. The van der Waals surface area contributed by atoms with Crippen molar-refractivity contribution in [3.8, 4) is 0 Å². The van der Waals surface area contributed by atoms with E-state index in [1.165, 1.54) is 0 Å². The summed E-state index contributed by atoms with van der Waals surface area (Å²) in [5.74, 6) is 0.532. The van der Waals surface area contributed by atoms with Crippen LogP contribution in [-0.4, -0.2) is 24.8 Å². The first-order chi connectivity index (χ1) is 10.6. The standard InChI is InChI=1S/C17H23ClN2O2/c1-11(15-3-2-10-22-15)19-17(21)20-16(12-4-5-12)13-6-8-14(18)9-7-13/h6-9,11-12,15-16H,2-5,10H2,1H3,(H2,19,20,21). The zero-order chi connectivity index (χ0) is 15.5. The predicted molar refractivity (Wildman–Crippen MR) is 87.0 cm³/mol. The van der Waals surface area contributed by atoms with Crippen molar-refractivity contribution in [2.75, 3.05) is 6.61 Å². The van der Waals surface area contributed by atoms with Crippen molar-refractivity contribution in [2.45, 2.75) is 50.8 Å². The molecule has 2 aliphatic rings. The van der Waals surface area contributed by atoms with E-state index in [0.717, 1.165) is 42.9 Å². The highest BCUT2D eigenvalue weighted by atomic mass is 35.5. The second-order valence-electron chi connectivity index (χ2n) is 6.32. The topological polar surface area (TPSA) is 50.4 Å². The van der Waals surface area contributed by atoms with Crippen LogP contribution in [0.1, 0.15) is 44.2 Å². The number of rotatable bonds is 5. The largest absolute Gasteiger partial charge is 0.376 e. The van der Waals surface area contributed by atoms with Crippen LogP contribution in [0.25, 0.3) is 0 Å². The Kier molecular flexibility index (Phi) is 4.89.